The smallest absolute Gasteiger partial charge is 0.277 e. The lowest BCUT2D eigenvalue weighted by molar-refractivity contribution is 0.102. The molecule has 8 heteroatoms. The standard InChI is InChI=1S/C12H11Cl2N5O/c1-6(2)10-16-5-7(13)9(19-10)11(20)17-8-3-4-15-12(14)18-8/h3-6H,1-2H3,(H,15,17,18,20). The second-order valence-electron chi connectivity index (χ2n) is 4.24. The van der Waals surface area contributed by atoms with E-state index in [1.807, 2.05) is 13.8 Å². The van der Waals surface area contributed by atoms with E-state index in [-0.39, 0.29) is 27.7 Å². The Kier molecular flexibility index (Phi) is 4.46. The number of nitrogens with one attached hydrogen (secondary N) is 1. The Morgan fingerprint density at radius 2 is 2.00 bits per heavy atom. The van der Waals surface area contributed by atoms with Crippen molar-refractivity contribution in [2.24, 2.45) is 0 Å². The fourth-order valence-electron chi connectivity index (χ4n) is 1.40. The van der Waals surface area contributed by atoms with Crippen LogP contribution in [-0.2, 0) is 0 Å². The molecular formula is C12H11Cl2N5O. The van der Waals surface area contributed by atoms with Crippen molar-refractivity contribution in [1.29, 1.82) is 0 Å². The summed E-state index contributed by atoms with van der Waals surface area (Å²) in [7, 11) is 0. The van der Waals surface area contributed by atoms with Gasteiger partial charge in [-0.15, -0.1) is 0 Å². The lowest BCUT2D eigenvalue weighted by Crippen LogP contribution is -2.17. The number of rotatable bonds is 3. The largest absolute Gasteiger partial charge is 0.305 e. The fraction of sp³-hybridized carbons (Fsp3) is 0.250. The average Bonchev–Trinajstić information content (AvgIpc) is 2.38. The van der Waals surface area contributed by atoms with Crippen molar-refractivity contribution in [3.05, 3.63) is 40.3 Å². The first kappa shape index (κ1) is 14.6. The Labute approximate surface area is 125 Å². The second-order valence-corrected chi connectivity index (χ2v) is 4.99. The number of nitrogens with zero attached hydrogens (tertiary/aromatic N) is 4. The van der Waals surface area contributed by atoms with Crippen LogP contribution < -0.4 is 5.32 Å². The summed E-state index contributed by atoms with van der Waals surface area (Å²) in [5.41, 5.74) is 0.0973. The number of carbonyl (C=O) groups excluding carboxylic acids is 1. The normalized spacial score (nSPS) is 10.7. The maximum Gasteiger partial charge on any atom is 0.277 e. The highest BCUT2D eigenvalue weighted by Crippen LogP contribution is 2.17. The minimum atomic E-state index is -0.478. The highest BCUT2D eigenvalue weighted by molar-refractivity contribution is 6.34. The minimum absolute atomic E-state index is 0.0412. The van der Waals surface area contributed by atoms with Gasteiger partial charge in [-0.2, -0.15) is 0 Å². The summed E-state index contributed by atoms with van der Waals surface area (Å²) in [6.45, 7) is 3.85. The van der Waals surface area contributed by atoms with E-state index in [0.717, 1.165) is 0 Å². The predicted octanol–water partition coefficient (Wildman–Crippen LogP) is 2.95. The summed E-state index contributed by atoms with van der Waals surface area (Å²) in [5.74, 6) is 0.428. The lowest BCUT2D eigenvalue weighted by atomic mass is 10.2. The zero-order chi connectivity index (χ0) is 14.7. The summed E-state index contributed by atoms with van der Waals surface area (Å²) < 4.78 is 0. The van der Waals surface area contributed by atoms with Crippen molar-refractivity contribution in [3.63, 3.8) is 0 Å². The van der Waals surface area contributed by atoms with Gasteiger partial charge in [0.1, 0.15) is 11.6 Å². The molecule has 1 amide bonds. The monoisotopic (exact) mass is 311 g/mol. The SMILES string of the molecule is CC(C)c1ncc(Cl)c(C(=O)Nc2ccnc(Cl)n2)n1. The van der Waals surface area contributed by atoms with E-state index in [4.69, 9.17) is 23.2 Å². The van der Waals surface area contributed by atoms with Gasteiger partial charge in [-0.1, -0.05) is 25.4 Å². The van der Waals surface area contributed by atoms with E-state index in [1.54, 1.807) is 0 Å². The molecule has 2 aromatic heterocycles. The molecule has 0 aliphatic carbocycles. The van der Waals surface area contributed by atoms with E-state index in [2.05, 4.69) is 25.3 Å². The third-order valence-corrected chi connectivity index (χ3v) is 2.82. The highest BCUT2D eigenvalue weighted by Gasteiger charge is 2.16. The molecule has 2 heterocycles. The first-order chi connectivity index (χ1) is 9.47. The zero-order valence-corrected chi connectivity index (χ0v) is 12.3. The van der Waals surface area contributed by atoms with Crippen molar-refractivity contribution < 1.29 is 4.79 Å². The summed E-state index contributed by atoms with van der Waals surface area (Å²) >= 11 is 11.6. The summed E-state index contributed by atoms with van der Waals surface area (Å²) in [4.78, 5) is 28.0. The van der Waals surface area contributed by atoms with Gasteiger partial charge in [0.2, 0.25) is 5.28 Å². The van der Waals surface area contributed by atoms with E-state index < -0.39 is 5.91 Å². The fourth-order valence-corrected chi connectivity index (χ4v) is 1.72. The Morgan fingerprint density at radius 3 is 2.65 bits per heavy atom. The van der Waals surface area contributed by atoms with Gasteiger partial charge < -0.3 is 5.32 Å². The van der Waals surface area contributed by atoms with Crippen molar-refractivity contribution in [3.8, 4) is 0 Å². The molecule has 0 aliphatic heterocycles. The molecule has 0 radical (unpaired) electrons. The number of carbonyl (C=O) groups is 1. The predicted molar refractivity (Wildman–Crippen MR) is 76.1 cm³/mol. The van der Waals surface area contributed by atoms with Crippen molar-refractivity contribution in [1.82, 2.24) is 19.9 Å². The Bertz CT molecular complexity index is 647. The maximum absolute atomic E-state index is 12.1. The molecular weight excluding hydrogens is 301 g/mol. The maximum atomic E-state index is 12.1. The van der Waals surface area contributed by atoms with Crippen LogP contribution >= 0.6 is 23.2 Å². The third kappa shape index (κ3) is 3.40. The quantitative estimate of drug-likeness (QED) is 0.881. The summed E-state index contributed by atoms with van der Waals surface area (Å²) in [6.07, 6.45) is 2.85. The molecule has 6 nitrogen and oxygen atoms in total. The van der Waals surface area contributed by atoms with E-state index >= 15 is 0 Å². The number of aromatic nitrogens is 4. The second kappa shape index (κ2) is 6.11. The average molecular weight is 312 g/mol. The van der Waals surface area contributed by atoms with E-state index in [9.17, 15) is 4.79 Å². The molecule has 20 heavy (non-hydrogen) atoms. The zero-order valence-electron chi connectivity index (χ0n) is 10.8. The number of hydrogen-bond donors (Lipinski definition) is 1. The van der Waals surface area contributed by atoms with Crippen LogP contribution in [0.4, 0.5) is 5.82 Å². The van der Waals surface area contributed by atoms with Crippen LogP contribution in [0.5, 0.6) is 0 Å². The molecule has 0 saturated carbocycles. The topological polar surface area (TPSA) is 80.7 Å². The van der Waals surface area contributed by atoms with Crippen LogP contribution in [-0.4, -0.2) is 25.8 Å². The third-order valence-electron chi connectivity index (χ3n) is 2.36. The molecule has 0 saturated heterocycles. The highest BCUT2D eigenvalue weighted by atomic mass is 35.5. The van der Waals surface area contributed by atoms with Gasteiger partial charge in [0.15, 0.2) is 5.69 Å². The van der Waals surface area contributed by atoms with E-state index in [1.165, 1.54) is 18.5 Å². The molecule has 0 spiro atoms. The molecule has 0 aliphatic rings. The van der Waals surface area contributed by atoms with Gasteiger partial charge in [0, 0.05) is 12.1 Å². The van der Waals surface area contributed by atoms with Gasteiger partial charge >= 0.3 is 0 Å². The minimum Gasteiger partial charge on any atom is -0.305 e. The van der Waals surface area contributed by atoms with Crippen LogP contribution in [0.3, 0.4) is 0 Å². The number of amides is 1. The Hall–Kier alpha value is -1.79. The van der Waals surface area contributed by atoms with Gasteiger partial charge in [-0.25, -0.2) is 19.9 Å². The molecule has 104 valence electrons. The molecule has 0 unspecified atom stereocenters. The molecule has 0 atom stereocenters. The molecule has 0 bridgehead atoms. The van der Waals surface area contributed by atoms with Gasteiger partial charge in [-0.05, 0) is 17.7 Å². The first-order valence-corrected chi connectivity index (χ1v) is 6.55. The van der Waals surface area contributed by atoms with Crippen LogP contribution in [0.1, 0.15) is 36.1 Å². The number of hydrogen-bond acceptors (Lipinski definition) is 5. The molecule has 0 fully saturated rings. The lowest BCUT2D eigenvalue weighted by Gasteiger charge is -2.08. The van der Waals surface area contributed by atoms with Crippen molar-refractivity contribution in [2.45, 2.75) is 19.8 Å². The van der Waals surface area contributed by atoms with Crippen LogP contribution in [0.25, 0.3) is 0 Å². The van der Waals surface area contributed by atoms with Crippen LogP contribution in [0.15, 0.2) is 18.5 Å². The molecule has 0 aromatic carbocycles. The van der Waals surface area contributed by atoms with Gasteiger partial charge in [0.05, 0.1) is 11.2 Å². The number of anilines is 1. The Balaban J connectivity index is 2.27. The summed E-state index contributed by atoms with van der Waals surface area (Å²) in [5, 5.41) is 2.77. The Morgan fingerprint density at radius 1 is 1.25 bits per heavy atom. The molecule has 1 N–H and O–H groups in total. The van der Waals surface area contributed by atoms with Crippen molar-refractivity contribution in [2.75, 3.05) is 5.32 Å². The van der Waals surface area contributed by atoms with Gasteiger partial charge in [0.25, 0.3) is 5.91 Å². The first-order valence-electron chi connectivity index (χ1n) is 5.79. The van der Waals surface area contributed by atoms with Crippen LogP contribution in [0, 0.1) is 0 Å². The summed E-state index contributed by atoms with van der Waals surface area (Å²) in [6, 6.07) is 1.52. The van der Waals surface area contributed by atoms with Crippen LogP contribution in [0.2, 0.25) is 10.3 Å². The van der Waals surface area contributed by atoms with Gasteiger partial charge in [-0.3, -0.25) is 4.79 Å². The van der Waals surface area contributed by atoms with Crippen molar-refractivity contribution >= 4 is 34.9 Å². The van der Waals surface area contributed by atoms with E-state index in [0.29, 0.717) is 5.82 Å². The molecule has 2 aromatic rings. The number of halogens is 2. The molecule has 2 rings (SSSR count).